The highest BCUT2D eigenvalue weighted by Gasteiger charge is 2.08. The second-order valence-electron chi connectivity index (χ2n) is 4.69. The van der Waals surface area contributed by atoms with Gasteiger partial charge >= 0.3 is 0 Å². The van der Waals surface area contributed by atoms with Crippen LogP contribution in [0.25, 0.3) is 11.3 Å². The molecule has 1 N–H and O–H groups in total. The number of aryl methyl sites for hydroxylation is 1. The van der Waals surface area contributed by atoms with Gasteiger partial charge in [0.2, 0.25) is 5.91 Å². The molecule has 100 valence electrons. The first-order valence-electron chi connectivity index (χ1n) is 6.02. The van der Waals surface area contributed by atoms with Crippen molar-refractivity contribution in [2.75, 3.05) is 26.0 Å². The van der Waals surface area contributed by atoms with Gasteiger partial charge in [-0.1, -0.05) is 29.8 Å². The molecule has 0 spiro atoms. The fourth-order valence-corrected chi connectivity index (χ4v) is 2.37. The molecule has 0 saturated heterocycles. The number of nitrogens with one attached hydrogen (secondary N) is 1. The number of amides is 1. The van der Waals surface area contributed by atoms with E-state index in [-0.39, 0.29) is 5.91 Å². The molecule has 1 aromatic carbocycles. The lowest BCUT2D eigenvalue weighted by Crippen LogP contribution is -2.26. The molecule has 0 aliphatic heterocycles. The molecule has 0 fully saturated rings. The molecule has 1 amide bonds. The Hall–Kier alpha value is -1.72. The number of carbonyl (C=O) groups excluding carboxylic acids is 1. The van der Waals surface area contributed by atoms with Crippen LogP contribution in [-0.2, 0) is 4.79 Å². The van der Waals surface area contributed by atoms with Crippen LogP contribution >= 0.6 is 11.3 Å². The summed E-state index contributed by atoms with van der Waals surface area (Å²) in [6, 6.07) is 8.18. The zero-order valence-corrected chi connectivity index (χ0v) is 12.1. The summed E-state index contributed by atoms with van der Waals surface area (Å²) in [6.45, 7) is 2.41. The summed E-state index contributed by atoms with van der Waals surface area (Å²) in [5.41, 5.74) is 3.18. The molecule has 0 unspecified atom stereocenters. The lowest BCUT2D eigenvalue weighted by molar-refractivity contribution is -0.116. The van der Waals surface area contributed by atoms with Crippen LogP contribution in [0.5, 0.6) is 0 Å². The van der Waals surface area contributed by atoms with Gasteiger partial charge in [0.05, 0.1) is 12.2 Å². The van der Waals surface area contributed by atoms with Crippen LogP contribution in [0.15, 0.2) is 29.6 Å². The van der Waals surface area contributed by atoms with Gasteiger partial charge in [-0.15, -0.1) is 11.3 Å². The van der Waals surface area contributed by atoms with Gasteiger partial charge < -0.3 is 10.2 Å². The van der Waals surface area contributed by atoms with E-state index >= 15 is 0 Å². The normalized spacial score (nSPS) is 10.7. The van der Waals surface area contributed by atoms with Gasteiger partial charge in [0, 0.05) is 10.9 Å². The van der Waals surface area contributed by atoms with E-state index in [0.717, 1.165) is 11.3 Å². The lowest BCUT2D eigenvalue weighted by Gasteiger charge is -2.07. The Morgan fingerprint density at radius 1 is 1.32 bits per heavy atom. The molecule has 2 rings (SSSR count). The SMILES string of the molecule is Cc1ccc(-c2csc(NC(=O)CN(C)C)n2)cc1. The number of anilines is 1. The maximum Gasteiger partial charge on any atom is 0.240 e. The first-order valence-corrected chi connectivity index (χ1v) is 6.90. The lowest BCUT2D eigenvalue weighted by atomic mass is 10.1. The quantitative estimate of drug-likeness (QED) is 0.933. The largest absolute Gasteiger partial charge is 0.301 e. The van der Waals surface area contributed by atoms with Crippen molar-refractivity contribution in [3.05, 3.63) is 35.2 Å². The van der Waals surface area contributed by atoms with E-state index in [0.29, 0.717) is 11.7 Å². The second-order valence-corrected chi connectivity index (χ2v) is 5.55. The van der Waals surface area contributed by atoms with Crippen LogP contribution in [-0.4, -0.2) is 36.4 Å². The highest BCUT2D eigenvalue weighted by atomic mass is 32.1. The Kier molecular flexibility index (Phi) is 4.29. The summed E-state index contributed by atoms with van der Waals surface area (Å²) in [4.78, 5) is 17.9. The Bertz CT molecular complexity index is 560. The molecule has 0 aliphatic carbocycles. The minimum Gasteiger partial charge on any atom is -0.301 e. The van der Waals surface area contributed by atoms with E-state index in [2.05, 4.69) is 29.4 Å². The third-order valence-corrected chi connectivity index (χ3v) is 3.32. The smallest absolute Gasteiger partial charge is 0.240 e. The molecule has 4 nitrogen and oxygen atoms in total. The fraction of sp³-hybridized carbons (Fsp3) is 0.286. The molecular formula is C14H17N3OS. The van der Waals surface area contributed by atoms with Gasteiger partial charge in [-0.25, -0.2) is 4.98 Å². The molecular weight excluding hydrogens is 258 g/mol. The number of benzene rings is 1. The monoisotopic (exact) mass is 275 g/mol. The molecule has 2 aromatic rings. The Morgan fingerprint density at radius 2 is 2.00 bits per heavy atom. The minimum absolute atomic E-state index is 0.0465. The van der Waals surface area contributed by atoms with Crippen molar-refractivity contribution in [2.45, 2.75) is 6.92 Å². The number of hydrogen-bond donors (Lipinski definition) is 1. The summed E-state index contributed by atoms with van der Waals surface area (Å²) in [6.07, 6.45) is 0. The number of hydrogen-bond acceptors (Lipinski definition) is 4. The second kappa shape index (κ2) is 5.95. The van der Waals surface area contributed by atoms with Crippen molar-refractivity contribution in [1.82, 2.24) is 9.88 Å². The van der Waals surface area contributed by atoms with E-state index in [1.165, 1.54) is 16.9 Å². The van der Waals surface area contributed by atoms with Crippen molar-refractivity contribution in [1.29, 1.82) is 0 Å². The molecule has 0 radical (unpaired) electrons. The predicted octanol–water partition coefficient (Wildman–Crippen LogP) is 2.62. The van der Waals surface area contributed by atoms with Crippen molar-refractivity contribution in [2.24, 2.45) is 0 Å². The Balaban J connectivity index is 2.07. The van der Waals surface area contributed by atoms with E-state index in [9.17, 15) is 4.79 Å². The van der Waals surface area contributed by atoms with Crippen molar-refractivity contribution >= 4 is 22.4 Å². The zero-order chi connectivity index (χ0) is 13.8. The first kappa shape index (κ1) is 13.7. The number of rotatable bonds is 4. The van der Waals surface area contributed by atoms with Crippen LogP contribution in [0, 0.1) is 6.92 Å². The van der Waals surface area contributed by atoms with Gasteiger partial charge in [0.15, 0.2) is 5.13 Å². The predicted molar refractivity (Wildman–Crippen MR) is 79.5 cm³/mol. The minimum atomic E-state index is -0.0465. The van der Waals surface area contributed by atoms with E-state index in [1.807, 2.05) is 36.5 Å². The van der Waals surface area contributed by atoms with Gasteiger partial charge in [0.25, 0.3) is 0 Å². The molecule has 0 saturated carbocycles. The Labute approximate surface area is 117 Å². The zero-order valence-electron chi connectivity index (χ0n) is 11.3. The van der Waals surface area contributed by atoms with E-state index in [1.54, 1.807) is 0 Å². The van der Waals surface area contributed by atoms with Crippen LogP contribution in [0.3, 0.4) is 0 Å². The first-order chi connectivity index (χ1) is 9.04. The number of aromatic nitrogens is 1. The molecule has 1 aromatic heterocycles. The molecule has 1 heterocycles. The van der Waals surface area contributed by atoms with Crippen molar-refractivity contribution < 1.29 is 4.79 Å². The summed E-state index contributed by atoms with van der Waals surface area (Å²) in [5, 5.41) is 5.40. The number of nitrogens with zero attached hydrogens (tertiary/aromatic N) is 2. The average Bonchev–Trinajstić information content (AvgIpc) is 2.77. The molecule has 0 bridgehead atoms. The maximum absolute atomic E-state index is 11.6. The summed E-state index contributed by atoms with van der Waals surface area (Å²) >= 11 is 1.44. The highest BCUT2D eigenvalue weighted by molar-refractivity contribution is 7.14. The van der Waals surface area contributed by atoms with Gasteiger partial charge in [-0.05, 0) is 21.0 Å². The maximum atomic E-state index is 11.6. The summed E-state index contributed by atoms with van der Waals surface area (Å²) < 4.78 is 0. The summed E-state index contributed by atoms with van der Waals surface area (Å²) in [5.74, 6) is -0.0465. The van der Waals surface area contributed by atoms with E-state index < -0.39 is 0 Å². The fourth-order valence-electron chi connectivity index (χ4n) is 1.63. The van der Waals surface area contributed by atoms with Gasteiger partial charge in [0.1, 0.15) is 0 Å². The number of carbonyl (C=O) groups is 1. The molecule has 0 aliphatic rings. The van der Waals surface area contributed by atoms with Gasteiger partial charge in [-0.2, -0.15) is 0 Å². The number of thiazole rings is 1. The van der Waals surface area contributed by atoms with Crippen molar-refractivity contribution in [3.63, 3.8) is 0 Å². The highest BCUT2D eigenvalue weighted by Crippen LogP contribution is 2.24. The third kappa shape index (κ3) is 3.87. The van der Waals surface area contributed by atoms with Gasteiger partial charge in [-0.3, -0.25) is 4.79 Å². The summed E-state index contributed by atoms with van der Waals surface area (Å²) in [7, 11) is 3.72. The van der Waals surface area contributed by atoms with Crippen LogP contribution < -0.4 is 5.32 Å². The molecule has 19 heavy (non-hydrogen) atoms. The van der Waals surface area contributed by atoms with Crippen molar-refractivity contribution in [3.8, 4) is 11.3 Å². The standard InChI is InChI=1S/C14H17N3OS/c1-10-4-6-11(7-5-10)12-9-19-14(15-12)16-13(18)8-17(2)3/h4-7,9H,8H2,1-3H3,(H,15,16,18). The average molecular weight is 275 g/mol. The molecule has 0 atom stereocenters. The van der Waals surface area contributed by atoms with Crippen LogP contribution in [0.4, 0.5) is 5.13 Å². The molecule has 5 heteroatoms. The van der Waals surface area contributed by atoms with Crippen LogP contribution in [0.1, 0.15) is 5.56 Å². The topological polar surface area (TPSA) is 45.2 Å². The van der Waals surface area contributed by atoms with E-state index in [4.69, 9.17) is 0 Å². The number of likely N-dealkylation sites (N-methyl/N-ethyl adjacent to an activating group) is 1. The Morgan fingerprint density at radius 3 is 2.63 bits per heavy atom. The van der Waals surface area contributed by atoms with Crippen LogP contribution in [0.2, 0.25) is 0 Å². The third-order valence-electron chi connectivity index (χ3n) is 2.56.